The van der Waals surface area contributed by atoms with Crippen molar-refractivity contribution in [1.82, 2.24) is 9.88 Å². The molecule has 2 N–H and O–H groups in total. The Kier molecular flexibility index (Phi) is 4.74. The number of rotatable bonds is 5. The molecule has 0 spiro atoms. The van der Waals surface area contributed by atoms with E-state index in [4.69, 9.17) is 5.73 Å². The van der Waals surface area contributed by atoms with E-state index in [1.54, 1.807) is 0 Å². The van der Waals surface area contributed by atoms with Crippen LogP contribution < -0.4 is 5.73 Å². The molecule has 0 aliphatic rings. The van der Waals surface area contributed by atoms with E-state index in [1.807, 2.05) is 13.1 Å². The molecule has 90 valence electrons. The van der Waals surface area contributed by atoms with Crippen LogP contribution in [0, 0.1) is 13.8 Å². The summed E-state index contributed by atoms with van der Waals surface area (Å²) in [7, 11) is 0. The first-order chi connectivity index (χ1) is 7.60. The standard InChI is InChI=1S/C13H23N3/c1-5-7-16(6-2)9-12-11(4)13(14)10(3)8-15-12/h8H,5-7,9H2,1-4H3,(H2,14,15). The number of pyridine rings is 1. The normalized spacial score (nSPS) is 11.1. The number of aromatic nitrogens is 1. The van der Waals surface area contributed by atoms with Crippen LogP contribution in [0.25, 0.3) is 0 Å². The first-order valence-electron chi connectivity index (χ1n) is 6.03. The first kappa shape index (κ1) is 13.0. The second-order valence-corrected chi connectivity index (χ2v) is 4.30. The molecule has 1 aromatic heterocycles. The van der Waals surface area contributed by atoms with Crippen LogP contribution in [0.3, 0.4) is 0 Å². The molecular weight excluding hydrogens is 198 g/mol. The fraction of sp³-hybridized carbons (Fsp3) is 0.615. The van der Waals surface area contributed by atoms with Crippen LogP contribution in [-0.4, -0.2) is 23.0 Å². The fourth-order valence-electron chi connectivity index (χ4n) is 1.83. The van der Waals surface area contributed by atoms with Crippen LogP contribution in [0.2, 0.25) is 0 Å². The molecule has 0 fully saturated rings. The third-order valence-corrected chi connectivity index (χ3v) is 3.04. The zero-order valence-corrected chi connectivity index (χ0v) is 10.9. The lowest BCUT2D eigenvalue weighted by Gasteiger charge is -2.20. The maximum absolute atomic E-state index is 6.02. The van der Waals surface area contributed by atoms with E-state index in [0.29, 0.717) is 0 Å². The zero-order chi connectivity index (χ0) is 12.1. The summed E-state index contributed by atoms with van der Waals surface area (Å²) < 4.78 is 0. The minimum atomic E-state index is 0.887. The van der Waals surface area contributed by atoms with Gasteiger partial charge in [0.2, 0.25) is 0 Å². The van der Waals surface area contributed by atoms with E-state index >= 15 is 0 Å². The minimum Gasteiger partial charge on any atom is -0.398 e. The molecule has 1 heterocycles. The molecular formula is C13H23N3. The predicted molar refractivity (Wildman–Crippen MR) is 69.4 cm³/mol. The van der Waals surface area contributed by atoms with Crippen molar-refractivity contribution in [2.45, 2.75) is 40.7 Å². The molecule has 0 radical (unpaired) electrons. The van der Waals surface area contributed by atoms with Gasteiger partial charge in [-0.05, 0) is 44.5 Å². The summed E-state index contributed by atoms with van der Waals surface area (Å²) in [6.07, 6.45) is 3.05. The summed E-state index contributed by atoms with van der Waals surface area (Å²) >= 11 is 0. The Balaban J connectivity index is 2.84. The van der Waals surface area contributed by atoms with E-state index < -0.39 is 0 Å². The Labute approximate surface area is 98.7 Å². The molecule has 1 aromatic rings. The summed E-state index contributed by atoms with van der Waals surface area (Å²) in [5.74, 6) is 0. The molecule has 0 atom stereocenters. The van der Waals surface area contributed by atoms with Crippen molar-refractivity contribution >= 4 is 5.69 Å². The molecule has 0 unspecified atom stereocenters. The van der Waals surface area contributed by atoms with Crippen LogP contribution in [0.15, 0.2) is 6.20 Å². The summed E-state index contributed by atoms with van der Waals surface area (Å²) in [5, 5.41) is 0. The van der Waals surface area contributed by atoms with Crippen LogP contribution in [-0.2, 0) is 6.54 Å². The van der Waals surface area contributed by atoms with E-state index in [0.717, 1.165) is 42.1 Å². The average Bonchev–Trinajstić information content (AvgIpc) is 2.29. The van der Waals surface area contributed by atoms with E-state index in [9.17, 15) is 0 Å². The van der Waals surface area contributed by atoms with Gasteiger partial charge in [0.25, 0.3) is 0 Å². The fourth-order valence-corrected chi connectivity index (χ4v) is 1.83. The van der Waals surface area contributed by atoms with Crippen LogP contribution in [0.4, 0.5) is 5.69 Å². The van der Waals surface area contributed by atoms with Gasteiger partial charge in [-0.2, -0.15) is 0 Å². The van der Waals surface area contributed by atoms with Gasteiger partial charge in [0, 0.05) is 18.4 Å². The summed E-state index contributed by atoms with van der Waals surface area (Å²) in [5.41, 5.74) is 10.2. The van der Waals surface area contributed by atoms with Gasteiger partial charge in [0.15, 0.2) is 0 Å². The number of nitrogens with zero attached hydrogens (tertiary/aromatic N) is 2. The molecule has 3 heteroatoms. The average molecular weight is 221 g/mol. The van der Waals surface area contributed by atoms with Crippen LogP contribution in [0.1, 0.15) is 37.1 Å². The largest absolute Gasteiger partial charge is 0.398 e. The van der Waals surface area contributed by atoms with Crippen molar-refractivity contribution in [3.05, 3.63) is 23.0 Å². The lowest BCUT2D eigenvalue weighted by molar-refractivity contribution is 0.277. The number of nitrogens with two attached hydrogens (primary N) is 1. The summed E-state index contributed by atoms with van der Waals surface area (Å²) in [6, 6.07) is 0. The van der Waals surface area contributed by atoms with Crippen molar-refractivity contribution in [2.24, 2.45) is 0 Å². The topological polar surface area (TPSA) is 42.2 Å². The van der Waals surface area contributed by atoms with Crippen LogP contribution in [0.5, 0.6) is 0 Å². The summed E-state index contributed by atoms with van der Waals surface area (Å²) in [4.78, 5) is 6.88. The molecule has 0 aliphatic heterocycles. The SMILES string of the molecule is CCCN(CC)Cc1ncc(C)c(N)c1C. The van der Waals surface area contributed by atoms with Crippen molar-refractivity contribution in [1.29, 1.82) is 0 Å². The molecule has 3 nitrogen and oxygen atoms in total. The van der Waals surface area contributed by atoms with Gasteiger partial charge in [-0.1, -0.05) is 13.8 Å². The molecule has 0 aromatic carbocycles. The number of hydrogen-bond donors (Lipinski definition) is 1. The van der Waals surface area contributed by atoms with Gasteiger partial charge in [-0.3, -0.25) is 9.88 Å². The van der Waals surface area contributed by atoms with Crippen molar-refractivity contribution in [2.75, 3.05) is 18.8 Å². The van der Waals surface area contributed by atoms with E-state index in [1.165, 1.54) is 6.42 Å². The molecule has 1 rings (SSSR count). The Morgan fingerprint density at radius 1 is 1.31 bits per heavy atom. The molecule has 0 saturated heterocycles. The van der Waals surface area contributed by atoms with Gasteiger partial charge >= 0.3 is 0 Å². The zero-order valence-electron chi connectivity index (χ0n) is 10.9. The monoisotopic (exact) mass is 221 g/mol. The van der Waals surface area contributed by atoms with Gasteiger partial charge < -0.3 is 5.73 Å². The Morgan fingerprint density at radius 2 is 2.00 bits per heavy atom. The van der Waals surface area contributed by atoms with Crippen molar-refractivity contribution < 1.29 is 0 Å². The first-order valence-corrected chi connectivity index (χ1v) is 6.03. The predicted octanol–water partition coefficient (Wildman–Crippen LogP) is 2.51. The molecule has 16 heavy (non-hydrogen) atoms. The van der Waals surface area contributed by atoms with Crippen molar-refractivity contribution in [3.63, 3.8) is 0 Å². The molecule has 0 amide bonds. The van der Waals surface area contributed by atoms with Gasteiger partial charge in [0.1, 0.15) is 0 Å². The van der Waals surface area contributed by atoms with Crippen LogP contribution >= 0.6 is 0 Å². The number of nitrogen functional groups attached to an aromatic ring is 1. The van der Waals surface area contributed by atoms with Gasteiger partial charge in [-0.15, -0.1) is 0 Å². The third-order valence-electron chi connectivity index (χ3n) is 3.04. The minimum absolute atomic E-state index is 0.887. The summed E-state index contributed by atoms with van der Waals surface area (Å²) in [6.45, 7) is 11.5. The third kappa shape index (κ3) is 2.95. The molecule has 0 saturated carbocycles. The maximum atomic E-state index is 6.02. The Hall–Kier alpha value is -1.09. The molecule has 0 bridgehead atoms. The number of hydrogen-bond acceptors (Lipinski definition) is 3. The number of aryl methyl sites for hydroxylation is 1. The van der Waals surface area contributed by atoms with Gasteiger partial charge in [-0.25, -0.2) is 0 Å². The Bertz CT molecular complexity index is 347. The van der Waals surface area contributed by atoms with Crippen molar-refractivity contribution in [3.8, 4) is 0 Å². The van der Waals surface area contributed by atoms with E-state index in [-0.39, 0.29) is 0 Å². The van der Waals surface area contributed by atoms with E-state index in [2.05, 4.69) is 30.7 Å². The lowest BCUT2D eigenvalue weighted by atomic mass is 10.1. The highest BCUT2D eigenvalue weighted by Crippen LogP contribution is 2.19. The second kappa shape index (κ2) is 5.85. The number of anilines is 1. The Morgan fingerprint density at radius 3 is 2.56 bits per heavy atom. The lowest BCUT2D eigenvalue weighted by Crippen LogP contribution is -2.24. The second-order valence-electron chi connectivity index (χ2n) is 4.30. The highest BCUT2D eigenvalue weighted by Gasteiger charge is 2.09. The maximum Gasteiger partial charge on any atom is 0.0593 e. The molecule has 0 aliphatic carbocycles. The quantitative estimate of drug-likeness (QED) is 0.830. The smallest absolute Gasteiger partial charge is 0.0593 e. The highest BCUT2D eigenvalue weighted by atomic mass is 15.1. The van der Waals surface area contributed by atoms with Gasteiger partial charge in [0.05, 0.1) is 5.69 Å². The highest BCUT2D eigenvalue weighted by molar-refractivity contribution is 5.53.